The summed E-state index contributed by atoms with van der Waals surface area (Å²) in [6.45, 7) is 3.49. The summed E-state index contributed by atoms with van der Waals surface area (Å²) in [5.41, 5.74) is 2.35. The van der Waals surface area contributed by atoms with E-state index in [9.17, 15) is 4.79 Å². The summed E-state index contributed by atoms with van der Waals surface area (Å²) in [5.74, 6) is 0.307. The molecule has 0 atom stereocenters. The van der Waals surface area contributed by atoms with Gasteiger partial charge in [0, 0.05) is 12.1 Å². The third-order valence-corrected chi connectivity index (χ3v) is 2.99. The van der Waals surface area contributed by atoms with E-state index in [-0.39, 0.29) is 5.91 Å². The third kappa shape index (κ3) is 3.45. The topological polar surface area (TPSA) is 67.2 Å². The van der Waals surface area contributed by atoms with Crippen LogP contribution in [-0.2, 0) is 0 Å². The summed E-state index contributed by atoms with van der Waals surface area (Å²) in [6, 6.07) is 7.81. The van der Waals surface area contributed by atoms with E-state index in [0.717, 1.165) is 24.1 Å². The second-order valence-corrected chi connectivity index (χ2v) is 4.61. The predicted molar refractivity (Wildman–Crippen MR) is 77.6 cm³/mol. The minimum Gasteiger partial charge on any atom is -0.443 e. The lowest BCUT2D eigenvalue weighted by molar-refractivity contribution is 0.0949. The minimum absolute atomic E-state index is 0.203. The molecule has 0 aliphatic carbocycles. The van der Waals surface area contributed by atoms with Gasteiger partial charge in [-0.2, -0.15) is 0 Å². The van der Waals surface area contributed by atoms with Crippen molar-refractivity contribution < 1.29 is 9.21 Å². The predicted octanol–water partition coefficient (Wildman–Crippen LogP) is 1.99. The molecule has 5 heteroatoms. The van der Waals surface area contributed by atoms with Crippen molar-refractivity contribution >= 4 is 5.91 Å². The monoisotopic (exact) mass is 273 g/mol. The van der Waals surface area contributed by atoms with Crippen molar-refractivity contribution in [2.45, 2.75) is 13.3 Å². The van der Waals surface area contributed by atoms with Crippen molar-refractivity contribution in [3.8, 4) is 11.3 Å². The number of rotatable bonds is 6. The fourth-order valence-corrected chi connectivity index (χ4v) is 1.87. The number of aromatic nitrogens is 1. The number of nitrogens with zero attached hydrogens (tertiary/aromatic N) is 1. The molecule has 106 valence electrons. The minimum atomic E-state index is -0.203. The highest BCUT2D eigenvalue weighted by Crippen LogP contribution is 2.23. The number of carbonyl (C=O) groups is 1. The Balaban J connectivity index is 2.08. The molecule has 0 bridgehead atoms. The lowest BCUT2D eigenvalue weighted by Gasteiger charge is -2.04. The van der Waals surface area contributed by atoms with E-state index in [1.165, 1.54) is 6.39 Å². The number of carbonyl (C=O) groups excluding carboxylic acids is 1. The van der Waals surface area contributed by atoms with Gasteiger partial charge in [0.1, 0.15) is 0 Å². The Morgan fingerprint density at radius 1 is 1.25 bits per heavy atom. The highest BCUT2D eigenvalue weighted by Gasteiger charge is 2.17. The zero-order valence-electron chi connectivity index (χ0n) is 11.8. The summed E-state index contributed by atoms with van der Waals surface area (Å²) in [5, 5.41) is 5.87. The van der Waals surface area contributed by atoms with Crippen LogP contribution in [0.25, 0.3) is 11.3 Å². The van der Waals surface area contributed by atoms with Crippen LogP contribution in [0.2, 0.25) is 0 Å². The van der Waals surface area contributed by atoms with E-state index in [1.54, 1.807) is 0 Å². The van der Waals surface area contributed by atoms with Crippen molar-refractivity contribution in [1.82, 2.24) is 15.6 Å². The van der Waals surface area contributed by atoms with E-state index in [1.807, 2.05) is 38.2 Å². The van der Waals surface area contributed by atoms with Gasteiger partial charge in [0.25, 0.3) is 5.91 Å². The summed E-state index contributed by atoms with van der Waals surface area (Å²) in [6.07, 6.45) is 2.18. The zero-order chi connectivity index (χ0) is 14.4. The first-order chi connectivity index (χ1) is 9.72. The molecular formula is C15H19N3O2. The van der Waals surface area contributed by atoms with E-state index in [2.05, 4.69) is 15.6 Å². The van der Waals surface area contributed by atoms with Crippen LogP contribution in [0.15, 0.2) is 35.1 Å². The van der Waals surface area contributed by atoms with E-state index in [4.69, 9.17) is 4.42 Å². The molecule has 1 heterocycles. The molecule has 0 fully saturated rings. The number of hydrogen-bond acceptors (Lipinski definition) is 4. The maximum Gasteiger partial charge on any atom is 0.273 e. The smallest absolute Gasteiger partial charge is 0.273 e. The molecule has 1 aromatic carbocycles. The fourth-order valence-electron chi connectivity index (χ4n) is 1.87. The van der Waals surface area contributed by atoms with Crippen LogP contribution in [0, 0.1) is 6.92 Å². The second-order valence-electron chi connectivity index (χ2n) is 4.61. The molecule has 0 aliphatic heterocycles. The van der Waals surface area contributed by atoms with Crippen LogP contribution in [0.5, 0.6) is 0 Å². The van der Waals surface area contributed by atoms with Crippen molar-refractivity contribution in [3.63, 3.8) is 0 Å². The van der Waals surface area contributed by atoms with Gasteiger partial charge in [-0.25, -0.2) is 4.98 Å². The summed E-state index contributed by atoms with van der Waals surface area (Å²) < 4.78 is 5.35. The molecule has 0 aliphatic rings. The Bertz CT molecular complexity index is 561. The van der Waals surface area contributed by atoms with Crippen molar-refractivity contribution in [2.24, 2.45) is 0 Å². The molecule has 0 spiro atoms. The van der Waals surface area contributed by atoms with Gasteiger partial charge in [0.05, 0.1) is 0 Å². The average Bonchev–Trinajstić information content (AvgIpc) is 2.93. The van der Waals surface area contributed by atoms with Gasteiger partial charge in [-0.3, -0.25) is 4.79 Å². The highest BCUT2D eigenvalue weighted by molar-refractivity contribution is 5.97. The Morgan fingerprint density at radius 2 is 2.00 bits per heavy atom. The number of benzene rings is 1. The van der Waals surface area contributed by atoms with E-state index >= 15 is 0 Å². The quantitative estimate of drug-likeness (QED) is 0.790. The second kappa shape index (κ2) is 6.86. The van der Waals surface area contributed by atoms with Gasteiger partial charge in [-0.05, 0) is 26.9 Å². The fraction of sp³-hybridized carbons (Fsp3) is 0.333. The van der Waals surface area contributed by atoms with Gasteiger partial charge >= 0.3 is 0 Å². The molecule has 0 radical (unpaired) electrons. The Labute approximate surface area is 118 Å². The molecule has 2 N–H and O–H groups in total. The Hall–Kier alpha value is -2.14. The highest BCUT2D eigenvalue weighted by atomic mass is 16.3. The first-order valence-electron chi connectivity index (χ1n) is 6.65. The number of nitrogens with one attached hydrogen (secondary N) is 2. The van der Waals surface area contributed by atoms with Crippen molar-refractivity contribution in [1.29, 1.82) is 0 Å². The van der Waals surface area contributed by atoms with Gasteiger partial charge in [0.15, 0.2) is 17.8 Å². The molecular weight excluding hydrogens is 254 g/mol. The number of amides is 1. The molecule has 1 amide bonds. The Morgan fingerprint density at radius 3 is 2.70 bits per heavy atom. The molecule has 2 aromatic rings. The molecule has 2 rings (SSSR count). The molecule has 0 saturated heterocycles. The Kier molecular flexibility index (Phi) is 4.90. The number of aryl methyl sites for hydroxylation is 1. The normalized spacial score (nSPS) is 10.5. The van der Waals surface area contributed by atoms with E-state index in [0.29, 0.717) is 18.0 Å². The summed E-state index contributed by atoms with van der Waals surface area (Å²) in [7, 11) is 1.88. The third-order valence-electron chi connectivity index (χ3n) is 2.99. The lowest BCUT2D eigenvalue weighted by atomic mass is 10.1. The van der Waals surface area contributed by atoms with Crippen LogP contribution < -0.4 is 10.6 Å². The van der Waals surface area contributed by atoms with Crippen molar-refractivity contribution in [2.75, 3.05) is 20.1 Å². The maximum atomic E-state index is 12.1. The molecule has 0 unspecified atom stereocenters. The van der Waals surface area contributed by atoms with Crippen LogP contribution in [-0.4, -0.2) is 31.0 Å². The first kappa shape index (κ1) is 14.3. The SMILES string of the molecule is CNCCCNC(=O)c1ncoc1-c1ccc(C)cc1. The van der Waals surface area contributed by atoms with Gasteiger partial charge in [0.2, 0.25) is 0 Å². The summed E-state index contributed by atoms with van der Waals surface area (Å²) in [4.78, 5) is 16.1. The number of hydrogen-bond donors (Lipinski definition) is 2. The van der Waals surface area contributed by atoms with Gasteiger partial charge < -0.3 is 15.1 Å². The van der Waals surface area contributed by atoms with Crippen LogP contribution in [0.3, 0.4) is 0 Å². The molecule has 0 saturated carbocycles. The molecule has 5 nitrogen and oxygen atoms in total. The van der Waals surface area contributed by atoms with Gasteiger partial charge in [-0.15, -0.1) is 0 Å². The van der Waals surface area contributed by atoms with Crippen LogP contribution >= 0.6 is 0 Å². The van der Waals surface area contributed by atoms with Crippen LogP contribution in [0.1, 0.15) is 22.5 Å². The zero-order valence-corrected chi connectivity index (χ0v) is 11.8. The van der Waals surface area contributed by atoms with E-state index < -0.39 is 0 Å². The van der Waals surface area contributed by atoms with Crippen LogP contribution in [0.4, 0.5) is 0 Å². The first-order valence-corrected chi connectivity index (χ1v) is 6.65. The average molecular weight is 273 g/mol. The summed E-state index contributed by atoms with van der Waals surface area (Å²) >= 11 is 0. The number of oxazole rings is 1. The maximum absolute atomic E-state index is 12.1. The lowest BCUT2D eigenvalue weighted by Crippen LogP contribution is -2.27. The van der Waals surface area contributed by atoms with Crippen molar-refractivity contribution in [3.05, 3.63) is 41.9 Å². The van der Waals surface area contributed by atoms with Gasteiger partial charge in [-0.1, -0.05) is 29.8 Å². The molecule has 1 aromatic heterocycles. The standard InChI is InChI=1S/C15H19N3O2/c1-11-4-6-12(7-5-11)14-13(18-10-20-14)15(19)17-9-3-8-16-2/h4-7,10,16H,3,8-9H2,1-2H3,(H,17,19). The molecule has 20 heavy (non-hydrogen) atoms. The largest absolute Gasteiger partial charge is 0.443 e.